The molecule has 22 heavy (non-hydrogen) atoms. The third-order valence-electron chi connectivity index (χ3n) is 2.93. The second-order valence-corrected chi connectivity index (χ2v) is 5.56. The number of benzene rings is 2. The molecule has 0 radical (unpaired) electrons. The van der Waals surface area contributed by atoms with Crippen molar-refractivity contribution in [2.75, 3.05) is 5.32 Å². The van der Waals surface area contributed by atoms with Gasteiger partial charge in [0.1, 0.15) is 5.75 Å². The fraction of sp³-hybridized carbons (Fsp3) is 0.188. The van der Waals surface area contributed by atoms with Crippen LogP contribution in [0.3, 0.4) is 0 Å². The second kappa shape index (κ2) is 6.32. The highest BCUT2D eigenvalue weighted by Gasteiger charge is 2.30. The van der Waals surface area contributed by atoms with Gasteiger partial charge in [0.2, 0.25) is 0 Å². The van der Waals surface area contributed by atoms with E-state index >= 15 is 0 Å². The van der Waals surface area contributed by atoms with E-state index in [-0.39, 0.29) is 5.69 Å². The Morgan fingerprint density at radius 2 is 1.77 bits per heavy atom. The lowest BCUT2D eigenvalue weighted by atomic mass is 10.1. The van der Waals surface area contributed by atoms with Crippen LogP contribution in [0.5, 0.6) is 5.75 Å². The summed E-state index contributed by atoms with van der Waals surface area (Å²) in [5.74, 6) is -2.32. The lowest BCUT2D eigenvalue weighted by Gasteiger charge is -2.25. The molecule has 116 valence electrons. The smallest absolute Gasteiger partial charge is 0.268 e. The zero-order valence-corrected chi connectivity index (χ0v) is 12.7. The molecule has 2 rings (SSSR count). The van der Waals surface area contributed by atoms with Gasteiger partial charge in [0.15, 0.2) is 17.2 Å². The third kappa shape index (κ3) is 3.74. The molecule has 0 aliphatic rings. The first-order valence-corrected chi connectivity index (χ1v) is 6.87. The number of halogens is 3. The SMILES string of the molecule is CC(C)(Oc1ccc(Cl)cc1)C(=O)Nc1cccc(F)c1F. The summed E-state index contributed by atoms with van der Waals surface area (Å²) in [7, 11) is 0. The molecule has 0 aliphatic heterocycles. The summed E-state index contributed by atoms with van der Waals surface area (Å²) < 4.78 is 32.3. The van der Waals surface area contributed by atoms with Crippen LogP contribution in [0.1, 0.15) is 13.8 Å². The topological polar surface area (TPSA) is 38.3 Å². The van der Waals surface area contributed by atoms with E-state index < -0.39 is 23.1 Å². The predicted octanol–water partition coefficient (Wildman–Crippen LogP) is 4.41. The number of anilines is 1. The van der Waals surface area contributed by atoms with Gasteiger partial charge in [0, 0.05) is 5.02 Å². The number of hydrogen-bond donors (Lipinski definition) is 1. The maximum Gasteiger partial charge on any atom is 0.268 e. The second-order valence-electron chi connectivity index (χ2n) is 5.12. The van der Waals surface area contributed by atoms with Crippen LogP contribution in [-0.2, 0) is 4.79 Å². The minimum absolute atomic E-state index is 0.238. The van der Waals surface area contributed by atoms with Crippen molar-refractivity contribution in [1.82, 2.24) is 0 Å². The molecule has 0 fully saturated rings. The Bertz CT molecular complexity index is 687. The third-order valence-corrected chi connectivity index (χ3v) is 3.19. The molecule has 0 saturated carbocycles. The molecule has 0 bridgehead atoms. The summed E-state index contributed by atoms with van der Waals surface area (Å²) in [4.78, 5) is 12.2. The van der Waals surface area contributed by atoms with E-state index in [2.05, 4.69) is 5.32 Å². The summed E-state index contributed by atoms with van der Waals surface area (Å²) in [6.45, 7) is 3.04. The van der Waals surface area contributed by atoms with E-state index in [0.717, 1.165) is 6.07 Å². The van der Waals surface area contributed by atoms with Gasteiger partial charge in [0.25, 0.3) is 5.91 Å². The zero-order chi connectivity index (χ0) is 16.3. The highest BCUT2D eigenvalue weighted by molar-refractivity contribution is 6.30. The van der Waals surface area contributed by atoms with E-state index in [1.807, 2.05) is 0 Å². The summed E-state index contributed by atoms with van der Waals surface area (Å²) in [6, 6.07) is 10.0. The number of amides is 1. The maximum atomic E-state index is 13.6. The first kappa shape index (κ1) is 16.2. The Morgan fingerprint density at radius 3 is 2.41 bits per heavy atom. The molecule has 6 heteroatoms. The van der Waals surface area contributed by atoms with E-state index in [1.54, 1.807) is 24.3 Å². The van der Waals surface area contributed by atoms with Gasteiger partial charge < -0.3 is 10.1 Å². The molecule has 1 N–H and O–H groups in total. The van der Waals surface area contributed by atoms with Crippen molar-refractivity contribution in [2.45, 2.75) is 19.4 Å². The van der Waals surface area contributed by atoms with Crippen molar-refractivity contribution in [3.63, 3.8) is 0 Å². The fourth-order valence-electron chi connectivity index (χ4n) is 1.72. The molecule has 0 aromatic heterocycles. The van der Waals surface area contributed by atoms with Gasteiger partial charge in [-0.15, -0.1) is 0 Å². The van der Waals surface area contributed by atoms with Gasteiger partial charge >= 0.3 is 0 Å². The van der Waals surface area contributed by atoms with Crippen LogP contribution in [0.2, 0.25) is 5.02 Å². The molecule has 0 saturated heterocycles. The number of nitrogens with one attached hydrogen (secondary N) is 1. The van der Waals surface area contributed by atoms with Crippen LogP contribution >= 0.6 is 11.6 Å². The van der Waals surface area contributed by atoms with Gasteiger partial charge in [-0.05, 0) is 50.2 Å². The number of carbonyl (C=O) groups is 1. The van der Waals surface area contributed by atoms with Gasteiger partial charge in [-0.2, -0.15) is 0 Å². The Balaban J connectivity index is 2.13. The molecule has 2 aromatic carbocycles. The Labute approximate surface area is 131 Å². The Kier molecular flexibility index (Phi) is 4.66. The molecular formula is C16H14ClF2NO2. The first-order chi connectivity index (χ1) is 10.3. The predicted molar refractivity (Wildman–Crippen MR) is 81.1 cm³/mol. The van der Waals surface area contributed by atoms with Crippen molar-refractivity contribution in [3.8, 4) is 5.75 Å². The first-order valence-electron chi connectivity index (χ1n) is 6.49. The fourth-order valence-corrected chi connectivity index (χ4v) is 1.84. The lowest BCUT2D eigenvalue weighted by molar-refractivity contribution is -0.128. The van der Waals surface area contributed by atoms with Gasteiger partial charge in [-0.3, -0.25) is 4.79 Å². The van der Waals surface area contributed by atoms with Gasteiger partial charge in [-0.25, -0.2) is 8.78 Å². The standard InChI is InChI=1S/C16H14ClF2NO2/c1-16(2,22-11-8-6-10(17)7-9-11)15(21)20-13-5-3-4-12(18)14(13)19/h3-9H,1-2H3,(H,20,21). The highest BCUT2D eigenvalue weighted by atomic mass is 35.5. The van der Waals surface area contributed by atoms with E-state index in [1.165, 1.54) is 26.0 Å². The Morgan fingerprint density at radius 1 is 1.14 bits per heavy atom. The van der Waals surface area contributed by atoms with Crippen LogP contribution in [0.25, 0.3) is 0 Å². The van der Waals surface area contributed by atoms with Crippen LogP contribution in [0.15, 0.2) is 42.5 Å². The van der Waals surface area contributed by atoms with Crippen molar-refractivity contribution in [1.29, 1.82) is 0 Å². The molecule has 0 atom stereocenters. The molecule has 0 heterocycles. The van der Waals surface area contributed by atoms with Gasteiger partial charge in [0.05, 0.1) is 5.69 Å². The summed E-state index contributed by atoms with van der Waals surface area (Å²) >= 11 is 5.77. The summed E-state index contributed by atoms with van der Waals surface area (Å²) in [5, 5.41) is 2.86. The maximum absolute atomic E-state index is 13.6. The molecule has 0 unspecified atom stereocenters. The minimum atomic E-state index is -1.29. The lowest BCUT2D eigenvalue weighted by Crippen LogP contribution is -2.42. The number of rotatable bonds is 4. The molecule has 1 amide bonds. The van der Waals surface area contributed by atoms with E-state index in [4.69, 9.17) is 16.3 Å². The van der Waals surface area contributed by atoms with Crippen LogP contribution < -0.4 is 10.1 Å². The zero-order valence-electron chi connectivity index (χ0n) is 12.0. The van der Waals surface area contributed by atoms with Crippen molar-refractivity contribution >= 4 is 23.2 Å². The molecule has 2 aromatic rings. The average molecular weight is 326 g/mol. The van der Waals surface area contributed by atoms with E-state index in [9.17, 15) is 13.6 Å². The summed E-state index contributed by atoms with van der Waals surface area (Å²) in [5.41, 5.74) is -1.52. The van der Waals surface area contributed by atoms with Crippen molar-refractivity contribution < 1.29 is 18.3 Å². The van der Waals surface area contributed by atoms with Crippen molar-refractivity contribution in [2.24, 2.45) is 0 Å². The largest absolute Gasteiger partial charge is 0.478 e. The molecule has 0 aliphatic carbocycles. The normalized spacial score (nSPS) is 11.1. The average Bonchev–Trinajstić information content (AvgIpc) is 2.46. The minimum Gasteiger partial charge on any atom is -0.478 e. The van der Waals surface area contributed by atoms with E-state index in [0.29, 0.717) is 10.8 Å². The summed E-state index contributed by atoms with van der Waals surface area (Å²) in [6.07, 6.45) is 0. The number of carbonyl (C=O) groups excluding carboxylic acids is 1. The number of ether oxygens (including phenoxy) is 1. The molecule has 0 spiro atoms. The Hall–Kier alpha value is -2.14. The molecular weight excluding hydrogens is 312 g/mol. The number of hydrogen-bond acceptors (Lipinski definition) is 2. The quantitative estimate of drug-likeness (QED) is 0.904. The van der Waals surface area contributed by atoms with Crippen LogP contribution in [0.4, 0.5) is 14.5 Å². The van der Waals surface area contributed by atoms with Crippen molar-refractivity contribution in [3.05, 3.63) is 59.1 Å². The van der Waals surface area contributed by atoms with Gasteiger partial charge in [-0.1, -0.05) is 17.7 Å². The monoisotopic (exact) mass is 325 g/mol. The van der Waals surface area contributed by atoms with Crippen LogP contribution in [0, 0.1) is 11.6 Å². The van der Waals surface area contributed by atoms with Crippen LogP contribution in [-0.4, -0.2) is 11.5 Å². The molecule has 3 nitrogen and oxygen atoms in total. The highest BCUT2D eigenvalue weighted by Crippen LogP contribution is 2.23.